The predicted molar refractivity (Wildman–Crippen MR) is 87.7 cm³/mol. The average Bonchev–Trinajstić information content (AvgIpc) is 2.93. The molecule has 1 saturated heterocycles. The minimum absolute atomic E-state index is 0.196. The maximum Gasteiger partial charge on any atom is 0.194 e. The van der Waals surface area contributed by atoms with Crippen LogP contribution in [0.4, 0.5) is 0 Å². The number of likely N-dealkylation sites (N-methyl/N-ethyl adjacent to an activating group) is 1. The van der Waals surface area contributed by atoms with E-state index in [0.29, 0.717) is 6.54 Å². The van der Waals surface area contributed by atoms with Crippen molar-refractivity contribution in [2.45, 2.75) is 57.6 Å². The van der Waals surface area contributed by atoms with Crippen molar-refractivity contribution >= 4 is 5.96 Å². The van der Waals surface area contributed by atoms with Gasteiger partial charge in [0, 0.05) is 32.2 Å². The van der Waals surface area contributed by atoms with Crippen molar-refractivity contribution in [3.8, 4) is 0 Å². The van der Waals surface area contributed by atoms with Gasteiger partial charge >= 0.3 is 0 Å². The quantitative estimate of drug-likeness (QED) is 0.593. The normalized spacial score (nSPS) is 24.9. The molecule has 0 aromatic carbocycles. The highest BCUT2D eigenvalue weighted by Crippen LogP contribution is 2.21. The fourth-order valence-corrected chi connectivity index (χ4v) is 3.38. The van der Waals surface area contributed by atoms with Crippen LogP contribution in [-0.4, -0.2) is 72.8 Å². The van der Waals surface area contributed by atoms with E-state index >= 15 is 0 Å². The number of aliphatic imine (C=N–C) groups is 1. The van der Waals surface area contributed by atoms with Crippen molar-refractivity contribution in [3.05, 3.63) is 0 Å². The van der Waals surface area contributed by atoms with Crippen molar-refractivity contribution in [3.63, 3.8) is 0 Å². The van der Waals surface area contributed by atoms with Crippen LogP contribution in [0.2, 0.25) is 0 Å². The van der Waals surface area contributed by atoms with Gasteiger partial charge in [-0.2, -0.15) is 0 Å². The number of aliphatic hydroxyl groups excluding tert-OH is 1. The zero-order chi connectivity index (χ0) is 15.1. The summed E-state index contributed by atoms with van der Waals surface area (Å²) < 4.78 is 0. The lowest BCUT2D eigenvalue weighted by Crippen LogP contribution is -2.41. The highest BCUT2D eigenvalue weighted by atomic mass is 16.3. The van der Waals surface area contributed by atoms with E-state index in [-0.39, 0.29) is 6.10 Å². The monoisotopic (exact) mass is 296 g/mol. The van der Waals surface area contributed by atoms with Crippen molar-refractivity contribution in [1.29, 1.82) is 0 Å². The van der Waals surface area contributed by atoms with Crippen molar-refractivity contribution < 1.29 is 5.11 Å². The van der Waals surface area contributed by atoms with Gasteiger partial charge < -0.3 is 20.2 Å². The molecule has 1 heterocycles. The third kappa shape index (κ3) is 5.15. The van der Waals surface area contributed by atoms with Gasteiger partial charge in [0.1, 0.15) is 0 Å². The molecule has 2 aliphatic rings. The highest BCUT2D eigenvalue weighted by molar-refractivity contribution is 5.80. The van der Waals surface area contributed by atoms with Gasteiger partial charge in [0.15, 0.2) is 5.96 Å². The van der Waals surface area contributed by atoms with Gasteiger partial charge in [-0.3, -0.25) is 4.99 Å². The van der Waals surface area contributed by atoms with Crippen LogP contribution in [0.1, 0.15) is 45.4 Å². The molecule has 2 fully saturated rings. The average molecular weight is 296 g/mol. The second-order valence-electron chi connectivity index (χ2n) is 6.40. The van der Waals surface area contributed by atoms with Crippen LogP contribution in [0.15, 0.2) is 4.99 Å². The van der Waals surface area contributed by atoms with E-state index in [0.717, 1.165) is 44.6 Å². The summed E-state index contributed by atoms with van der Waals surface area (Å²) in [5.41, 5.74) is 0. The number of aliphatic hydroxyl groups is 1. The number of β-amino-alcohol motifs (C(OH)–C–C–N with tert-alkyl or cyclic N) is 1. The molecule has 0 unspecified atom stereocenters. The molecule has 5 heteroatoms. The number of nitrogens with one attached hydrogen (secondary N) is 1. The predicted octanol–water partition coefficient (Wildman–Crippen LogP) is 1.28. The first-order valence-electron chi connectivity index (χ1n) is 8.62. The summed E-state index contributed by atoms with van der Waals surface area (Å²) in [4.78, 5) is 9.40. The summed E-state index contributed by atoms with van der Waals surface area (Å²) >= 11 is 0. The van der Waals surface area contributed by atoms with E-state index in [9.17, 15) is 5.11 Å². The topological polar surface area (TPSA) is 51.1 Å². The SMILES string of the molecule is CCNC(=NCCN(C)C1CCCCC1)N1CC[C@@H](O)C1. The molecule has 0 radical (unpaired) electrons. The lowest BCUT2D eigenvalue weighted by atomic mass is 9.94. The molecule has 2 N–H and O–H groups in total. The molecule has 21 heavy (non-hydrogen) atoms. The maximum atomic E-state index is 9.67. The lowest BCUT2D eigenvalue weighted by molar-refractivity contribution is 0.187. The Morgan fingerprint density at radius 3 is 2.67 bits per heavy atom. The zero-order valence-electron chi connectivity index (χ0n) is 13.7. The number of guanidine groups is 1. The van der Waals surface area contributed by atoms with E-state index in [1.165, 1.54) is 32.1 Å². The second kappa shape index (κ2) is 8.59. The molecule has 1 aliphatic heterocycles. The van der Waals surface area contributed by atoms with Crippen molar-refractivity contribution in [1.82, 2.24) is 15.1 Å². The number of rotatable bonds is 5. The van der Waals surface area contributed by atoms with Crippen molar-refractivity contribution in [2.75, 3.05) is 39.8 Å². The first kappa shape index (κ1) is 16.6. The van der Waals surface area contributed by atoms with Crippen LogP contribution in [0.3, 0.4) is 0 Å². The van der Waals surface area contributed by atoms with Crippen LogP contribution < -0.4 is 5.32 Å². The van der Waals surface area contributed by atoms with Crippen LogP contribution in [0.25, 0.3) is 0 Å². The first-order chi connectivity index (χ1) is 10.2. The summed E-state index contributed by atoms with van der Waals surface area (Å²) in [7, 11) is 2.23. The van der Waals surface area contributed by atoms with Gasteiger partial charge in [-0.1, -0.05) is 19.3 Å². The van der Waals surface area contributed by atoms with E-state index in [1.807, 2.05) is 0 Å². The van der Waals surface area contributed by atoms with Crippen molar-refractivity contribution in [2.24, 2.45) is 4.99 Å². The Morgan fingerprint density at radius 2 is 2.05 bits per heavy atom. The fourth-order valence-electron chi connectivity index (χ4n) is 3.38. The molecule has 0 aromatic rings. The molecule has 0 amide bonds. The Hall–Kier alpha value is -0.810. The molecule has 5 nitrogen and oxygen atoms in total. The highest BCUT2D eigenvalue weighted by Gasteiger charge is 2.23. The molecule has 0 bridgehead atoms. The summed E-state index contributed by atoms with van der Waals surface area (Å²) in [6.45, 7) is 6.45. The Bertz CT molecular complexity index is 328. The molecule has 2 rings (SSSR count). The summed E-state index contributed by atoms with van der Waals surface area (Å²) in [6.07, 6.45) is 7.52. The molecule has 1 saturated carbocycles. The minimum Gasteiger partial charge on any atom is -0.391 e. The summed E-state index contributed by atoms with van der Waals surface area (Å²) in [5.74, 6) is 0.964. The molecule has 1 atom stereocenters. The summed E-state index contributed by atoms with van der Waals surface area (Å²) in [6, 6.07) is 0.755. The molecule has 0 spiro atoms. The van der Waals surface area contributed by atoms with Gasteiger partial charge in [-0.25, -0.2) is 0 Å². The largest absolute Gasteiger partial charge is 0.391 e. The molecule has 0 aromatic heterocycles. The maximum absolute atomic E-state index is 9.67. The first-order valence-corrected chi connectivity index (χ1v) is 8.62. The van der Waals surface area contributed by atoms with Gasteiger partial charge in [0.25, 0.3) is 0 Å². The van der Waals surface area contributed by atoms with Crippen LogP contribution in [0, 0.1) is 0 Å². The minimum atomic E-state index is -0.196. The summed E-state index contributed by atoms with van der Waals surface area (Å²) in [5, 5.41) is 13.0. The standard InChI is InChI=1S/C16H32N4O/c1-3-17-16(20-11-9-15(21)13-20)18-10-12-19(2)14-7-5-4-6-8-14/h14-15,21H,3-13H2,1-2H3,(H,17,18)/t15-/m1/s1. The zero-order valence-corrected chi connectivity index (χ0v) is 13.7. The molecule has 1 aliphatic carbocycles. The third-order valence-corrected chi connectivity index (χ3v) is 4.71. The fraction of sp³-hybridized carbons (Fsp3) is 0.938. The van der Waals surface area contributed by atoms with Gasteiger partial charge in [-0.15, -0.1) is 0 Å². The van der Waals surface area contributed by atoms with Crippen LogP contribution in [0.5, 0.6) is 0 Å². The second-order valence-corrected chi connectivity index (χ2v) is 6.40. The van der Waals surface area contributed by atoms with Gasteiger partial charge in [0.05, 0.1) is 12.6 Å². The third-order valence-electron chi connectivity index (χ3n) is 4.71. The van der Waals surface area contributed by atoms with E-state index in [1.54, 1.807) is 0 Å². The Labute approximate surface area is 129 Å². The Balaban J connectivity index is 1.78. The molecule has 122 valence electrons. The van der Waals surface area contributed by atoms with E-state index in [2.05, 4.69) is 29.1 Å². The Morgan fingerprint density at radius 1 is 1.29 bits per heavy atom. The lowest BCUT2D eigenvalue weighted by Gasteiger charge is -2.30. The van der Waals surface area contributed by atoms with E-state index < -0.39 is 0 Å². The van der Waals surface area contributed by atoms with Crippen LogP contribution in [-0.2, 0) is 0 Å². The van der Waals surface area contributed by atoms with Gasteiger partial charge in [-0.05, 0) is 33.2 Å². The number of likely N-dealkylation sites (tertiary alicyclic amines) is 1. The molecular formula is C16H32N4O. The van der Waals surface area contributed by atoms with Crippen LogP contribution >= 0.6 is 0 Å². The smallest absolute Gasteiger partial charge is 0.194 e. The molecular weight excluding hydrogens is 264 g/mol. The number of nitrogens with zero attached hydrogens (tertiary/aromatic N) is 3. The van der Waals surface area contributed by atoms with E-state index in [4.69, 9.17) is 4.99 Å². The number of hydrogen-bond donors (Lipinski definition) is 2. The Kier molecular flexibility index (Phi) is 6.77. The number of hydrogen-bond acceptors (Lipinski definition) is 3. The van der Waals surface area contributed by atoms with Gasteiger partial charge in [0.2, 0.25) is 0 Å².